The van der Waals surface area contributed by atoms with Gasteiger partial charge in [0.2, 0.25) is 17.7 Å². The first kappa shape index (κ1) is 49.1. The van der Waals surface area contributed by atoms with Gasteiger partial charge in [0.1, 0.15) is 47.7 Å². The van der Waals surface area contributed by atoms with Crippen LogP contribution in [0.15, 0.2) is 38.6 Å². The van der Waals surface area contributed by atoms with E-state index in [1.165, 1.54) is 18.2 Å². The van der Waals surface area contributed by atoms with Gasteiger partial charge in [-0.2, -0.15) is 0 Å². The van der Waals surface area contributed by atoms with E-state index in [0.29, 0.717) is 5.56 Å². The molecule has 3 amide bonds. The van der Waals surface area contributed by atoms with Crippen LogP contribution in [-0.4, -0.2) is 145 Å². The van der Waals surface area contributed by atoms with Crippen LogP contribution >= 0.6 is 7.60 Å². The van der Waals surface area contributed by atoms with Crippen LogP contribution in [0.25, 0.3) is 22.3 Å². The van der Waals surface area contributed by atoms with Gasteiger partial charge < -0.3 is 65.7 Å². The second kappa shape index (κ2) is 21.3. The SMILES string of the molecule is C[C@H](C(=O)N[C@@H](CCC(=O)N[C@@H](CCC(=O)N[C@@H](CCC(=O)O)C(=O)O)C(=O)O)C(=O)O)P(=O)(O)OC[C@H](O)[C@H](O)[C@H](O)Cn1c2cc(=O)ccc-2cc2c(=O)[nH]c(=O)[nH]c21. The molecular formula is C34H43N6O20P. The Bertz CT molecular complexity index is 2340. The highest BCUT2D eigenvalue weighted by Crippen LogP contribution is 2.47. The molecule has 0 radical (unpaired) electrons. The summed E-state index contributed by atoms with van der Waals surface area (Å²) >= 11 is 0. The maximum Gasteiger partial charge on any atom is 0.340 e. The molecule has 1 aliphatic carbocycles. The van der Waals surface area contributed by atoms with Crippen LogP contribution in [-0.2, 0) is 49.2 Å². The maximum atomic E-state index is 13.0. The minimum absolute atomic E-state index is 0.0763. The standard InChI is InChI=1S/C34H43N6O20P/c1-14(29(49)37-20(33(55)56)5-8-25(45)35-18(31(51)52)4-7-24(44)36-19(32(53)54)6-9-26(46)47)61(58,59)60-13-23(43)27(48)22(42)12-40-21-11-16(41)3-2-15(21)10-17-28(40)38-34(57)39-30(17)50/h2-3,10-11,14,18-20,22-23,27,42-43,48H,4-9,12-13H2,1H3,(H,35,45)(H,36,44)(H,37,49)(H,46,47)(H,51,52)(H,53,54)(H,55,56)(H,58,59)(H2,38,39,50,57)/t14-,18+,19+,20+,22-,23+,27-/m1/s1. The predicted molar refractivity (Wildman–Crippen MR) is 203 cm³/mol. The number of carbonyl (C=O) groups excluding carboxylic acids is 3. The first-order chi connectivity index (χ1) is 28.4. The third-order valence-electron chi connectivity index (χ3n) is 9.13. The van der Waals surface area contributed by atoms with E-state index in [9.17, 15) is 82.9 Å². The lowest BCUT2D eigenvalue weighted by Gasteiger charge is -2.27. The average molecular weight is 887 g/mol. The largest absolute Gasteiger partial charge is 0.481 e. The first-order valence-electron chi connectivity index (χ1n) is 18.0. The van der Waals surface area contributed by atoms with Crippen LogP contribution in [0.3, 0.4) is 0 Å². The molecule has 3 rings (SSSR count). The van der Waals surface area contributed by atoms with Gasteiger partial charge in [0, 0.05) is 25.3 Å². The number of pyridine rings is 1. The fraction of sp³-hybridized carbons (Fsp3) is 0.471. The highest BCUT2D eigenvalue weighted by Gasteiger charge is 2.38. The quantitative estimate of drug-likeness (QED) is 0.0304. The van der Waals surface area contributed by atoms with E-state index in [1.807, 2.05) is 20.9 Å². The van der Waals surface area contributed by atoms with Gasteiger partial charge in [-0.15, -0.1) is 0 Å². The second-order valence-electron chi connectivity index (χ2n) is 13.6. The van der Waals surface area contributed by atoms with Gasteiger partial charge in [0.15, 0.2) is 5.43 Å². The minimum Gasteiger partial charge on any atom is -0.481 e. The Hall–Kier alpha value is -6.31. The average Bonchev–Trinajstić information content (AvgIpc) is 3.17. The smallest absolute Gasteiger partial charge is 0.340 e. The number of carbonyl (C=O) groups is 7. The number of aromatic nitrogens is 3. The van der Waals surface area contributed by atoms with E-state index >= 15 is 0 Å². The number of aliphatic hydroxyl groups is 3. The summed E-state index contributed by atoms with van der Waals surface area (Å²) in [6, 6.07) is -0.199. The molecule has 2 aliphatic rings. The fourth-order valence-electron chi connectivity index (χ4n) is 5.69. The number of benzene rings is 1. The molecule has 0 spiro atoms. The van der Waals surface area contributed by atoms with Crippen LogP contribution in [0.5, 0.6) is 0 Å². The van der Waals surface area contributed by atoms with Crippen molar-refractivity contribution in [1.29, 1.82) is 0 Å². The summed E-state index contributed by atoms with van der Waals surface area (Å²) in [6.45, 7) is -1.02. The van der Waals surface area contributed by atoms with Crippen LogP contribution in [0.1, 0.15) is 45.4 Å². The Morgan fingerprint density at radius 2 is 1.28 bits per heavy atom. The summed E-state index contributed by atoms with van der Waals surface area (Å²) in [4.78, 5) is 135. The highest BCUT2D eigenvalue weighted by atomic mass is 31.2. The molecular weight excluding hydrogens is 843 g/mol. The summed E-state index contributed by atoms with van der Waals surface area (Å²) in [5.41, 5.74) is -4.06. The summed E-state index contributed by atoms with van der Waals surface area (Å²) in [6.07, 6.45) is -9.94. The molecule has 13 N–H and O–H groups in total. The lowest BCUT2D eigenvalue weighted by atomic mass is 10.0. The zero-order chi connectivity index (χ0) is 45.9. The number of hydrogen-bond acceptors (Lipinski definition) is 15. The molecule has 1 aliphatic heterocycles. The van der Waals surface area contributed by atoms with Gasteiger partial charge in [-0.1, -0.05) is 0 Å². The van der Waals surface area contributed by atoms with Crippen molar-refractivity contribution in [3.8, 4) is 11.3 Å². The van der Waals surface area contributed by atoms with E-state index in [0.717, 1.165) is 17.6 Å². The predicted octanol–water partition coefficient (Wildman–Crippen LogP) is -3.71. The molecule has 27 heteroatoms. The van der Waals surface area contributed by atoms with Gasteiger partial charge in [-0.05, 0) is 49.9 Å². The third kappa shape index (κ3) is 13.9. The Labute approximate surface area is 341 Å². The van der Waals surface area contributed by atoms with Gasteiger partial charge in [0.25, 0.3) is 5.56 Å². The van der Waals surface area contributed by atoms with Crippen LogP contribution in [0, 0.1) is 0 Å². The number of rotatable bonds is 24. The molecule has 26 nitrogen and oxygen atoms in total. The van der Waals surface area contributed by atoms with Crippen LogP contribution in [0.4, 0.5) is 0 Å². The van der Waals surface area contributed by atoms with Crippen molar-refractivity contribution in [2.24, 2.45) is 0 Å². The number of H-pyrrole nitrogens is 2. The molecule has 0 bridgehead atoms. The zero-order valence-corrected chi connectivity index (χ0v) is 32.8. The van der Waals surface area contributed by atoms with E-state index < -0.39 is 160 Å². The number of amides is 3. The number of carboxylic acid groups (broad SMARTS) is 4. The summed E-state index contributed by atoms with van der Waals surface area (Å²) < 4.78 is 18.9. The molecule has 0 aromatic carbocycles. The molecule has 1 aromatic heterocycles. The Balaban J connectivity index is 1.57. The monoisotopic (exact) mass is 886 g/mol. The van der Waals surface area contributed by atoms with Crippen molar-refractivity contribution in [3.63, 3.8) is 0 Å². The van der Waals surface area contributed by atoms with Crippen molar-refractivity contribution < 1.29 is 83.3 Å². The summed E-state index contributed by atoms with van der Waals surface area (Å²) in [5.74, 6) is -9.66. The number of carboxylic acids is 4. The maximum absolute atomic E-state index is 13.0. The van der Waals surface area contributed by atoms with Gasteiger partial charge in [0.05, 0.1) is 24.2 Å². The molecule has 0 saturated heterocycles. The minimum atomic E-state index is -5.12. The van der Waals surface area contributed by atoms with Gasteiger partial charge >= 0.3 is 37.2 Å². The number of nitrogens with zero attached hydrogens (tertiary/aromatic N) is 1. The molecule has 1 aromatic rings. The second-order valence-corrected chi connectivity index (χ2v) is 15.8. The van der Waals surface area contributed by atoms with E-state index in [1.54, 1.807) is 0 Å². The van der Waals surface area contributed by atoms with E-state index in [-0.39, 0.29) is 16.7 Å². The lowest BCUT2D eigenvalue weighted by molar-refractivity contribution is -0.144. The van der Waals surface area contributed by atoms with Crippen molar-refractivity contribution >= 4 is 60.2 Å². The zero-order valence-electron chi connectivity index (χ0n) is 31.9. The normalized spacial score (nSPS) is 15.9. The first-order valence-corrected chi connectivity index (χ1v) is 19.7. The van der Waals surface area contributed by atoms with Crippen molar-refractivity contribution in [3.05, 3.63) is 55.3 Å². The topological polar surface area (TPSA) is 431 Å². The number of aliphatic hydroxyl groups excluding tert-OH is 3. The molecule has 2 heterocycles. The number of aromatic amines is 2. The summed E-state index contributed by atoms with van der Waals surface area (Å²) in [7, 11) is -5.12. The van der Waals surface area contributed by atoms with E-state index in [4.69, 9.17) is 14.7 Å². The van der Waals surface area contributed by atoms with Crippen molar-refractivity contribution in [2.45, 2.75) is 94.1 Å². The molecule has 0 fully saturated rings. The number of fused-ring (bicyclic) bond motifs is 2. The molecule has 1 unspecified atom stereocenters. The number of aliphatic carboxylic acids is 4. The van der Waals surface area contributed by atoms with Gasteiger partial charge in [-0.3, -0.25) is 43.3 Å². The molecule has 61 heavy (non-hydrogen) atoms. The van der Waals surface area contributed by atoms with Crippen molar-refractivity contribution in [1.82, 2.24) is 30.5 Å². The van der Waals surface area contributed by atoms with Crippen LogP contribution in [0.2, 0.25) is 0 Å². The van der Waals surface area contributed by atoms with Gasteiger partial charge in [-0.25, -0.2) is 19.2 Å². The Morgan fingerprint density at radius 3 is 1.80 bits per heavy atom. The Morgan fingerprint density at radius 1 is 0.754 bits per heavy atom. The molecule has 8 atom stereocenters. The number of hydrogen-bond donors (Lipinski definition) is 13. The summed E-state index contributed by atoms with van der Waals surface area (Å²) in [5, 5.41) is 74.9. The Kier molecular flexibility index (Phi) is 17.1. The fourth-order valence-corrected chi connectivity index (χ4v) is 6.65. The number of nitrogens with one attached hydrogen (secondary N) is 5. The highest BCUT2D eigenvalue weighted by molar-refractivity contribution is 7.54. The van der Waals surface area contributed by atoms with Crippen molar-refractivity contribution in [2.75, 3.05) is 6.61 Å². The van der Waals surface area contributed by atoms with Crippen LogP contribution < -0.4 is 32.6 Å². The molecule has 334 valence electrons. The third-order valence-corrected chi connectivity index (χ3v) is 10.9. The molecule has 0 saturated carbocycles. The lowest BCUT2D eigenvalue weighted by Crippen LogP contribution is -2.47. The van der Waals surface area contributed by atoms with E-state index in [2.05, 4.69) is 4.98 Å².